The number of rotatable bonds is 7. The van der Waals surface area contributed by atoms with Crippen LogP contribution in [0.1, 0.15) is 37.0 Å². The van der Waals surface area contributed by atoms with Crippen LogP contribution in [0.15, 0.2) is 54.6 Å². The number of anilines is 1. The molecule has 1 heterocycles. The highest BCUT2D eigenvalue weighted by atomic mass is 16.4. The van der Waals surface area contributed by atoms with E-state index >= 15 is 0 Å². The van der Waals surface area contributed by atoms with Crippen LogP contribution in [0.3, 0.4) is 0 Å². The Morgan fingerprint density at radius 2 is 1.77 bits per heavy atom. The zero-order valence-corrected chi connectivity index (χ0v) is 17.3. The summed E-state index contributed by atoms with van der Waals surface area (Å²) in [6, 6.07) is 15.7. The lowest BCUT2D eigenvalue weighted by atomic mass is 10.0. The summed E-state index contributed by atoms with van der Waals surface area (Å²) >= 11 is 0. The van der Waals surface area contributed by atoms with E-state index in [4.69, 9.17) is 0 Å². The zero-order valence-electron chi connectivity index (χ0n) is 17.3. The average Bonchev–Trinajstić information content (AvgIpc) is 3.18. The Bertz CT molecular complexity index is 857. The van der Waals surface area contributed by atoms with Gasteiger partial charge in [-0.25, -0.2) is 4.79 Å². The Morgan fingerprint density at radius 1 is 1.10 bits per heavy atom. The number of nitrogens with one attached hydrogen (secondary N) is 2. The maximum absolute atomic E-state index is 12.0. The van der Waals surface area contributed by atoms with Gasteiger partial charge in [-0.3, -0.25) is 9.69 Å². The molecule has 160 valence electrons. The first-order valence-corrected chi connectivity index (χ1v) is 10.2. The second kappa shape index (κ2) is 9.73. The first kappa shape index (κ1) is 21.8. The van der Waals surface area contributed by atoms with Gasteiger partial charge >= 0.3 is 6.09 Å². The van der Waals surface area contributed by atoms with Gasteiger partial charge < -0.3 is 20.8 Å². The zero-order chi connectivity index (χ0) is 21.7. The van der Waals surface area contributed by atoms with Crippen LogP contribution < -0.4 is 10.6 Å². The van der Waals surface area contributed by atoms with Crippen molar-refractivity contribution in [2.24, 2.45) is 0 Å². The van der Waals surface area contributed by atoms with E-state index in [9.17, 15) is 19.8 Å². The molecule has 0 aromatic heterocycles. The Morgan fingerprint density at radius 3 is 2.37 bits per heavy atom. The van der Waals surface area contributed by atoms with Crippen molar-refractivity contribution in [2.45, 2.75) is 50.4 Å². The van der Waals surface area contributed by atoms with Gasteiger partial charge in [0.05, 0.1) is 18.2 Å². The number of carbonyl (C=O) groups is 2. The Kier molecular flexibility index (Phi) is 7.07. The predicted octanol–water partition coefficient (Wildman–Crippen LogP) is 3.02. The third-order valence-electron chi connectivity index (χ3n) is 5.79. The molecule has 2 aromatic carbocycles. The first-order chi connectivity index (χ1) is 14.4. The SMILES string of the molecule is CN[C@@H](C)C(=O)Nc1ccc(C[C@@H]2CC[C@H]([C@H](O)c3ccccc3)N2C(=O)O)cc1. The number of carbonyl (C=O) groups excluding carboxylic acids is 1. The Balaban J connectivity index is 1.67. The maximum Gasteiger partial charge on any atom is 0.407 e. The van der Waals surface area contributed by atoms with E-state index in [1.54, 1.807) is 14.0 Å². The largest absolute Gasteiger partial charge is 0.465 e. The van der Waals surface area contributed by atoms with Gasteiger partial charge in [0.15, 0.2) is 0 Å². The van der Waals surface area contributed by atoms with Crippen molar-refractivity contribution in [1.82, 2.24) is 10.2 Å². The number of likely N-dealkylation sites (tertiary alicyclic amines) is 1. The predicted molar refractivity (Wildman–Crippen MR) is 115 cm³/mol. The Hall–Kier alpha value is -2.90. The van der Waals surface area contributed by atoms with E-state index in [0.29, 0.717) is 24.9 Å². The van der Waals surface area contributed by atoms with Crippen molar-refractivity contribution in [1.29, 1.82) is 0 Å². The molecule has 7 nitrogen and oxygen atoms in total. The summed E-state index contributed by atoms with van der Waals surface area (Å²) in [7, 11) is 1.73. The number of hydrogen-bond acceptors (Lipinski definition) is 4. The van der Waals surface area contributed by atoms with Gasteiger partial charge in [-0.15, -0.1) is 0 Å². The minimum atomic E-state index is -1.01. The highest BCUT2D eigenvalue weighted by molar-refractivity contribution is 5.94. The molecule has 4 atom stereocenters. The molecule has 0 aliphatic carbocycles. The molecular weight excluding hydrogens is 382 g/mol. The van der Waals surface area contributed by atoms with Crippen molar-refractivity contribution in [3.63, 3.8) is 0 Å². The molecule has 2 aromatic rings. The summed E-state index contributed by atoms with van der Waals surface area (Å²) in [5.41, 5.74) is 2.41. The smallest absolute Gasteiger partial charge is 0.407 e. The molecule has 1 aliphatic rings. The van der Waals surface area contributed by atoms with Gasteiger partial charge in [0, 0.05) is 11.7 Å². The van der Waals surface area contributed by atoms with E-state index in [-0.39, 0.29) is 18.0 Å². The number of nitrogens with zero attached hydrogens (tertiary/aromatic N) is 1. The molecule has 0 unspecified atom stereocenters. The summed E-state index contributed by atoms with van der Waals surface area (Å²) in [5.74, 6) is -0.115. The summed E-state index contributed by atoms with van der Waals surface area (Å²) in [4.78, 5) is 25.4. The second-order valence-corrected chi connectivity index (χ2v) is 7.74. The van der Waals surface area contributed by atoms with Crippen LogP contribution in [0.4, 0.5) is 10.5 Å². The van der Waals surface area contributed by atoms with Gasteiger partial charge in [0.1, 0.15) is 0 Å². The summed E-state index contributed by atoms with van der Waals surface area (Å²) < 4.78 is 0. The molecule has 0 saturated carbocycles. The highest BCUT2D eigenvalue weighted by Gasteiger charge is 2.41. The van der Waals surface area contributed by atoms with Gasteiger partial charge in [-0.1, -0.05) is 42.5 Å². The molecule has 2 amide bonds. The van der Waals surface area contributed by atoms with Crippen LogP contribution in [-0.4, -0.2) is 52.3 Å². The standard InChI is InChI=1S/C23H29N3O4/c1-15(24-2)22(28)25-18-10-8-16(9-11-18)14-19-12-13-20(26(19)23(29)30)21(27)17-6-4-3-5-7-17/h3-11,15,19-21,24,27H,12-14H2,1-2H3,(H,25,28)(H,29,30)/t15-,19-,20+,21+/m0/s1. The van der Waals surface area contributed by atoms with Gasteiger partial charge in [0.25, 0.3) is 0 Å². The van der Waals surface area contributed by atoms with Crippen LogP contribution in [0.2, 0.25) is 0 Å². The van der Waals surface area contributed by atoms with E-state index in [2.05, 4.69) is 10.6 Å². The fraction of sp³-hybridized carbons (Fsp3) is 0.391. The molecule has 0 spiro atoms. The number of aliphatic hydroxyl groups is 1. The summed E-state index contributed by atoms with van der Waals surface area (Å²) in [6.07, 6.45) is 0.00886. The minimum absolute atomic E-state index is 0.115. The number of hydrogen-bond donors (Lipinski definition) is 4. The maximum atomic E-state index is 12.0. The lowest BCUT2D eigenvalue weighted by Gasteiger charge is -2.31. The van der Waals surface area contributed by atoms with Crippen molar-refractivity contribution in [3.05, 3.63) is 65.7 Å². The molecule has 7 heteroatoms. The topological polar surface area (TPSA) is 102 Å². The van der Waals surface area contributed by atoms with E-state index < -0.39 is 18.2 Å². The fourth-order valence-electron chi connectivity index (χ4n) is 3.97. The average molecular weight is 412 g/mol. The number of benzene rings is 2. The number of amides is 2. The van der Waals surface area contributed by atoms with Crippen LogP contribution in [0.5, 0.6) is 0 Å². The van der Waals surface area contributed by atoms with Gasteiger partial charge in [0.2, 0.25) is 5.91 Å². The van der Waals surface area contributed by atoms with Gasteiger partial charge in [-0.05, 0) is 56.5 Å². The van der Waals surface area contributed by atoms with Crippen LogP contribution in [-0.2, 0) is 11.2 Å². The molecule has 1 fully saturated rings. The molecule has 1 saturated heterocycles. The molecular formula is C23H29N3O4. The molecule has 1 aliphatic heterocycles. The van der Waals surface area contributed by atoms with E-state index in [1.807, 2.05) is 54.6 Å². The number of aliphatic hydroxyl groups excluding tert-OH is 1. The quantitative estimate of drug-likeness (QED) is 0.561. The number of likely N-dealkylation sites (N-methyl/N-ethyl adjacent to an activating group) is 1. The van der Waals surface area contributed by atoms with Crippen molar-refractivity contribution in [3.8, 4) is 0 Å². The van der Waals surface area contributed by atoms with Crippen molar-refractivity contribution in [2.75, 3.05) is 12.4 Å². The minimum Gasteiger partial charge on any atom is -0.465 e. The number of carboxylic acid groups (broad SMARTS) is 1. The van der Waals surface area contributed by atoms with E-state index in [1.165, 1.54) is 4.90 Å². The molecule has 30 heavy (non-hydrogen) atoms. The highest BCUT2D eigenvalue weighted by Crippen LogP contribution is 2.34. The third kappa shape index (κ3) is 4.98. The monoisotopic (exact) mass is 411 g/mol. The van der Waals surface area contributed by atoms with E-state index in [0.717, 1.165) is 11.1 Å². The molecule has 0 radical (unpaired) electrons. The normalized spacial score (nSPS) is 20.6. The van der Waals surface area contributed by atoms with Crippen molar-refractivity contribution < 1.29 is 19.8 Å². The van der Waals surface area contributed by atoms with Crippen molar-refractivity contribution >= 4 is 17.7 Å². The summed E-state index contributed by atoms with van der Waals surface area (Å²) in [6.45, 7) is 1.78. The van der Waals surface area contributed by atoms with Crippen LogP contribution in [0, 0.1) is 0 Å². The fourth-order valence-corrected chi connectivity index (χ4v) is 3.97. The second-order valence-electron chi connectivity index (χ2n) is 7.74. The first-order valence-electron chi connectivity index (χ1n) is 10.2. The Labute approximate surface area is 176 Å². The van der Waals surface area contributed by atoms with Crippen LogP contribution >= 0.6 is 0 Å². The third-order valence-corrected chi connectivity index (χ3v) is 5.79. The lowest BCUT2D eigenvalue weighted by Crippen LogP contribution is -2.44. The summed E-state index contributed by atoms with van der Waals surface area (Å²) in [5, 5.41) is 26.3. The van der Waals surface area contributed by atoms with Crippen LogP contribution in [0.25, 0.3) is 0 Å². The lowest BCUT2D eigenvalue weighted by molar-refractivity contribution is -0.117. The molecule has 4 N–H and O–H groups in total. The molecule has 3 rings (SSSR count). The molecule has 0 bridgehead atoms. The van der Waals surface area contributed by atoms with Gasteiger partial charge in [-0.2, -0.15) is 0 Å².